The van der Waals surface area contributed by atoms with E-state index in [2.05, 4.69) is 4.98 Å². The Morgan fingerprint density at radius 3 is 2.73 bits per heavy atom. The van der Waals surface area contributed by atoms with Crippen molar-refractivity contribution in [3.05, 3.63) is 65.5 Å². The van der Waals surface area contributed by atoms with Gasteiger partial charge in [0.15, 0.2) is 0 Å². The van der Waals surface area contributed by atoms with Crippen LogP contribution in [0.3, 0.4) is 0 Å². The molecule has 0 saturated carbocycles. The fourth-order valence-electron chi connectivity index (χ4n) is 2.64. The van der Waals surface area contributed by atoms with Gasteiger partial charge in [0.05, 0.1) is 23.7 Å². The van der Waals surface area contributed by atoms with Gasteiger partial charge in [0.1, 0.15) is 17.5 Å². The molecule has 3 nitrogen and oxygen atoms in total. The summed E-state index contributed by atoms with van der Waals surface area (Å²) in [6.45, 7) is 2.09. The first kappa shape index (κ1) is 14.7. The van der Waals surface area contributed by atoms with Crippen molar-refractivity contribution in [1.82, 2.24) is 9.55 Å². The highest BCUT2D eigenvalue weighted by atomic mass is 19.1. The largest absolute Gasteiger partial charge is 0.386 e. The van der Waals surface area contributed by atoms with Gasteiger partial charge in [0, 0.05) is 12.0 Å². The van der Waals surface area contributed by atoms with E-state index >= 15 is 0 Å². The summed E-state index contributed by atoms with van der Waals surface area (Å²) < 4.78 is 28.9. The molecule has 1 unspecified atom stereocenters. The van der Waals surface area contributed by atoms with Gasteiger partial charge in [-0.05, 0) is 30.3 Å². The first-order valence-corrected chi connectivity index (χ1v) is 7.17. The van der Waals surface area contributed by atoms with Gasteiger partial charge < -0.3 is 9.67 Å². The Kier molecular flexibility index (Phi) is 3.90. The molecule has 5 heteroatoms. The number of halogens is 2. The van der Waals surface area contributed by atoms with Gasteiger partial charge >= 0.3 is 0 Å². The maximum atomic E-state index is 13.8. The molecule has 0 aliphatic carbocycles. The van der Waals surface area contributed by atoms with Crippen molar-refractivity contribution in [2.24, 2.45) is 0 Å². The monoisotopic (exact) mass is 302 g/mol. The second-order valence-electron chi connectivity index (χ2n) is 5.16. The third-order valence-electron chi connectivity index (χ3n) is 3.72. The fraction of sp³-hybridized carbons (Fsp3) is 0.235. The van der Waals surface area contributed by atoms with Crippen molar-refractivity contribution in [2.45, 2.75) is 26.0 Å². The molecule has 1 N–H and O–H groups in total. The summed E-state index contributed by atoms with van der Waals surface area (Å²) in [7, 11) is 0. The SMILES string of the molecule is CCc1nc2ccccc2n1CC(O)c1cc(F)ccc1F. The van der Waals surface area contributed by atoms with Gasteiger partial charge in [0.2, 0.25) is 0 Å². The Morgan fingerprint density at radius 2 is 1.95 bits per heavy atom. The predicted octanol–water partition coefficient (Wildman–Crippen LogP) is 3.61. The van der Waals surface area contributed by atoms with Crippen molar-refractivity contribution in [2.75, 3.05) is 0 Å². The zero-order chi connectivity index (χ0) is 15.7. The van der Waals surface area contributed by atoms with Crippen molar-refractivity contribution < 1.29 is 13.9 Å². The average Bonchev–Trinajstić information content (AvgIpc) is 2.87. The number of aliphatic hydroxyl groups is 1. The molecule has 0 radical (unpaired) electrons. The number of hydrogen-bond donors (Lipinski definition) is 1. The number of imidazole rings is 1. The smallest absolute Gasteiger partial charge is 0.129 e. The number of hydrogen-bond acceptors (Lipinski definition) is 2. The summed E-state index contributed by atoms with van der Waals surface area (Å²) in [6.07, 6.45) is -0.453. The van der Waals surface area contributed by atoms with Gasteiger partial charge in [0.25, 0.3) is 0 Å². The second kappa shape index (κ2) is 5.85. The van der Waals surface area contributed by atoms with Crippen LogP contribution in [-0.4, -0.2) is 14.7 Å². The predicted molar refractivity (Wildman–Crippen MR) is 80.4 cm³/mol. The molecule has 0 bridgehead atoms. The number of aromatic nitrogens is 2. The van der Waals surface area contributed by atoms with Gasteiger partial charge in [-0.3, -0.25) is 0 Å². The van der Waals surface area contributed by atoms with Gasteiger partial charge in [-0.2, -0.15) is 0 Å². The molecular weight excluding hydrogens is 286 g/mol. The maximum Gasteiger partial charge on any atom is 0.129 e. The fourth-order valence-corrected chi connectivity index (χ4v) is 2.64. The molecule has 0 aliphatic heterocycles. The number of aryl methyl sites for hydroxylation is 1. The van der Waals surface area contributed by atoms with Gasteiger partial charge in [-0.15, -0.1) is 0 Å². The van der Waals surface area contributed by atoms with Crippen LogP contribution in [-0.2, 0) is 13.0 Å². The number of aliphatic hydroxyl groups excluding tert-OH is 1. The topological polar surface area (TPSA) is 38.0 Å². The summed E-state index contributed by atoms with van der Waals surface area (Å²) >= 11 is 0. The second-order valence-corrected chi connectivity index (χ2v) is 5.16. The minimum atomic E-state index is -1.14. The standard InChI is InChI=1S/C17H16F2N2O/c1-2-17-20-14-5-3-4-6-15(14)21(17)10-16(22)12-9-11(18)7-8-13(12)19/h3-9,16,22H,2,10H2,1H3. The average molecular weight is 302 g/mol. The van der Waals surface area contributed by atoms with Crippen LogP contribution in [0.15, 0.2) is 42.5 Å². The Hall–Kier alpha value is -2.27. The Bertz CT molecular complexity index is 814. The van der Waals surface area contributed by atoms with E-state index in [1.807, 2.05) is 35.8 Å². The van der Waals surface area contributed by atoms with Crippen LogP contribution in [0.4, 0.5) is 8.78 Å². The zero-order valence-corrected chi connectivity index (χ0v) is 12.1. The van der Waals surface area contributed by atoms with Crippen molar-refractivity contribution in [1.29, 1.82) is 0 Å². The Balaban J connectivity index is 2.00. The minimum absolute atomic E-state index is 0.0418. The van der Waals surface area contributed by atoms with E-state index in [9.17, 15) is 13.9 Å². The lowest BCUT2D eigenvalue weighted by atomic mass is 10.1. The highest BCUT2D eigenvalue weighted by Crippen LogP contribution is 2.24. The number of rotatable bonds is 4. The third kappa shape index (κ3) is 2.60. The highest BCUT2D eigenvalue weighted by Gasteiger charge is 2.18. The summed E-state index contributed by atoms with van der Waals surface area (Å²) in [6, 6.07) is 10.7. The quantitative estimate of drug-likeness (QED) is 0.799. The number of nitrogens with zero attached hydrogens (tertiary/aromatic N) is 2. The maximum absolute atomic E-state index is 13.8. The lowest BCUT2D eigenvalue weighted by Crippen LogP contribution is -2.13. The van der Waals surface area contributed by atoms with E-state index in [-0.39, 0.29) is 12.1 Å². The molecule has 2 aromatic carbocycles. The van der Waals surface area contributed by atoms with Crippen molar-refractivity contribution in [3.8, 4) is 0 Å². The van der Waals surface area contributed by atoms with Crippen molar-refractivity contribution >= 4 is 11.0 Å². The van der Waals surface area contributed by atoms with E-state index in [0.29, 0.717) is 6.42 Å². The van der Waals surface area contributed by atoms with E-state index < -0.39 is 17.7 Å². The van der Waals surface area contributed by atoms with E-state index in [4.69, 9.17) is 0 Å². The summed E-state index contributed by atoms with van der Waals surface area (Å²) in [5.74, 6) is -0.380. The summed E-state index contributed by atoms with van der Waals surface area (Å²) in [4.78, 5) is 4.50. The van der Waals surface area contributed by atoms with Crippen LogP contribution in [0, 0.1) is 11.6 Å². The van der Waals surface area contributed by atoms with Gasteiger partial charge in [-0.1, -0.05) is 19.1 Å². The number of benzene rings is 2. The van der Waals surface area contributed by atoms with Crippen LogP contribution >= 0.6 is 0 Å². The molecule has 0 amide bonds. The number of para-hydroxylation sites is 2. The lowest BCUT2D eigenvalue weighted by molar-refractivity contribution is 0.152. The van der Waals surface area contributed by atoms with E-state index in [1.165, 1.54) is 0 Å². The van der Waals surface area contributed by atoms with Crippen molar-refractivity contribution in [3.63, 3.8) is 0 Å². The third-order valence-corrected chi connectivity index (χ3v) is 3.72. The molecule has 0 fully saturated rings. The molecule has 22 heavy (non-hydrogen) atoms. The summed E-state index contributed by atoms with van der Waals surface area (Å²) in [5.41, 5.74) is 1.65. The number of fused-ring (bicyclic) bond motifs is 1. The normalized spacial score (nSPS) is 12.7. The molecular formula is C17H16F2N2O. The Morgan fingerprint density at radius 1 is 1.18 bits per heavy atom. The van der Waals surface area contributed by atoms with Crippen LogP contribution in [0.5, 0.6) is 0 Å². The van der Waals surface area contributed by atoms with Crippen LogP contribution in [0.1, 0.15) is 24.4 Å². The first-order valence-electron chi connectivity index (χ1n) is 7.17. The molecule has 0 spiro atoms. The van der Waals surface area contributed by atoms with Crippen LogP contribution < -0.4 is 0 Å². The Labute approximate surface area is 126 Å². The lowest BCUT2D eigenvalue weighted by Gasteiger charge is -2.15. The highest BCUT2D eigenvalue weighted by molar-refractivity contribution is 5.75. The summed E-state index contributed by atoms with van der Waals surface area (Å²) in [5, 5.41) is 10.3. The van der Waals surface area contributed by atoms with E-state index in [1.54, 1.807) is 0 Å². The molecule has 3 rings (SSSR count). The molecule has 1 atom stereocenters. The van der Waals surface area contributed by atoms with Crippen LogP contribution in [0.25, 0.3) is 11.0 Å². The van der Waals surface area contributed by atoms with Gasteiger partial charge in [-0.25, -0.2) is 13.8 Å². The molecule has 3 aromatic rings. The zero-order valence-electron chi connectivity index (χ0n) is 12.1. The molecule has 0 aliphatic rings. The molecule has 114 valence electrons. The molecule has 1 heterocycles. The minimum Gasteiger partial charge on any atom is -0.386 e. The first-order chi connectivity index (χ1) is 10.6. The molecule has 1 aromatic heterocycles. The van der Waals surface area contributed by atoms with Crippen LogP contribution in [0.2, 0.25) is 0 Å². The van der Waals surface area contributed by atoms with E-state index in [0.717, 1.165) is 35.1 Å². The molecule has 0 saturated heterocycles.